The van der Waals surface area contributed by atoms with Crippen LogP contribution >= 0.6 is 0 Å². The highest BCUT2D eigenvalue weighted by atomic mass is 16.5. The summed E-state index contributed by atoms with van der Waals surface area (Å²) >= 11 is 0. The summed E-state index contributed by atoms with van der Waals surface area (Å²) in [4.78, 5) is 25.3. The fourth-order valence-electron chi connectivity index (χ4n) is 3.17. The van der Waals surface area contributed by atoms with Crippen LogP contribution in [0, 0.1) is 5.92 Å². The van der Waals surface area contributed by atoms with E-state index in [-0.39, 0.29) is 17.2 Å². The number of hydrogen-bond donors (Lipinski definition) is 2. The fraction of sp³-hybridized carbons (Fsp3) is 0.286. The van der Waals surface area contributed by atoms with Crippen LogP contribution in [0.1, 0.15) is 60.9 Å². The number of rotatable bonds is 7. The van der Waals surface area contributed by atoms with Gasteiger partial charge in [-0.2, -0.15) is 0 Å². The minimum atomic E-state index is -0.230. The lowest BCUT2D eigenvalue weighted by molar-refractivity contribution is 0.101. The van der Waals surface area contributed by atoms with Crippen molar-refractivity contribution in [3.8, 4) is 5.75 Å². The van der Waals surface area contributed by atoms with Crippen LogP contribution in [0.3, 0.4) is 0 Å². The maximum Gasteiger partial charge on any atom is 0.255 e. The lowest BCUT2D eigenvalue weighted by Gasteiger charge is -2.19. The van der Waals surface area contributed by atoms with E-state index in [0.29, 0.717) is 35.0 Å². The van der Waals surface area contributed by atoms with Crippen LogP contribution < -0.4 is 15.4 Å². The Morgan fingerprint density at radius 1 is 0.788 bits per heavy atom. The molecule has 172 valence electrons. The Hall–Kier alpha value is -3.60. The van der Waals surface area contributed by atoms with Gasteiger partial charge in [0.1, 0.15) is 5.75 Å². The third-order valence-electron chi connectivity index (χ3n) is 5.09. The number of amides is 2. The topological polar surface area (TPSA) is 67.4 Å². The zero-order valence-electron chi connectivity index (χ0n) is 19.9. The quantitative estimate of drug-likeness (QED) is 0.436. The van der Waals surface area contributed by atoms with Crippen LogP contribution in [0.4, 0.5) is 11.4 Å². The molecule has 0 unspecified atom stereocenters. The van der Waals surface area contributed by atoms with E-state index in [9.17, 15) is 9.59 Å². The number of nitrogens with one attached hydrogen (secondary N) is 2. The molecule has 0 heterocycles. The molecule has 0 spiro atoms. The monoisotopic (exact) mass is 444 g/mol. The van der Waals surface area contributed by atoms with Gasteiger partial charge in [-0.25, -0.2) is 0 Å². The third-order valence-corrected chi connectivity index (χ3v) is 5.09. The molecule has 0 atom stereocenters. The van der Waals surface area contributed by atoms with E-state index in [0.717, 1.165) is 5.75 Å². The molecule has 3 aromatic rings. The molecule has 0 aromatic heterocycles. The van der Waals surface area contributed by atoms with Gasteiger partial charge >= 0.3 is 0 Å². The summed E-state index contributed by atoms with van der Waals surface area (Å²) < 4.78 is 5.66. The second-order valence-corrected chi connectivity index (χ2v) is 9.55. The van der Waals surface area contributed by atoms with Crippen LogP contribution in [0.15, 0.2) is 72.8 Å². The van der Waals surface area contributed by atoms with Gasteiger partial charge in [-0.15, -0.1) is 0 Å². The minimum absolute atomic E-state index is 0.0307. The Morgan fingerprint density at radius 3 is 1.73 bits per heavy atom. The highest BCUT2D eigenvalue weighted by molar-refractivity contribution is 6.06. The van der Waals surface area contributed by atoms with Crippen LogP contribution in [0.2, 0.25) is 0 Å². The van der Waals surface area contributed by atoms with E-state index in [1.54, 1.807) is 48.5 Å². The van der Waals surface area contributed by atoms with Crippen molar-refractivity contribution in [1.29, 1.82) is 0 Å². The molecular formula is C28H32N2O3. The predicted octanol–water partition coefficient (Wildman–Crippen LogP) is 6.52. The molecule has 0 saturated carbocycles. The van der Waals surface area contributed by atoms with Gasteiger partial charge in [0.05, 0.1) is 6.61 Å². The molecule has 0 saturated heterocycles. The van der Waals surface area contributed by atoms with E-state index in [4.69, 9.17) is 4.74 Å². The zero-order valence-corrected chi connectivity index (χ0v) is 19.9. The van der Waals surface area contributed by atoms with Crippen molar-refractivity contribution >= 4 is 23.2 Å². The SMILES string of the molecule is CC(C)COc1ccc(C(=O)Nc2cccc(NC(=O)c3ccc(C(C)(C)C)cc3)c2)cc1. The van der Waals surface area contributed by atoms with Crippen molar-refractivity contribution in [2.24, 2.45) is 5.92 Å². The van der Waals surface area contributed by atoms with Crippen molar-refractivity contribution in [3.63, 3.8) is 0 Å². The summed E-state index contributed by atoms with van der Waals surface area (Å²) in [5, 5.41) is 5.77. The fourth-order valence-corrected chi connectivity index (χ4v) is 3.17. The average molecular weight is 445 g/mol. The number of hydrogen-bond acceptors (Lipinski definition) is 3. The summed E-state index contributed by atoms with van der Waals surface area (Å²) in [5.41, 5.74) is 3.51. The van der Waals surface area contributed by atoms with E-state index < -0.39 is 0 Å². The predicted molar refractivity (Wildman–Crippen MR) is 134 cm³/mol. The van der Waals surface area contributed by atoms with Crippen LogP contribution in [0.5, 0.6) is 5.75 Å². The van der Waals surface area contributed by atoms with E-state index in [2.05, 4.69) is 45.3 Å². The van der Waals surface area contributed by atoms with Gasteiger partial charge in [0, 0.05) is 22.5 Å². The first-order valence-corrected chi connectivity index (χ1v) is 11.2. The van der Waals surface area contributed by atoms with Crippen molar-refractivity contribution in [1.82, 2.24) is 0 Å². The molecule has 3 aromatic carbocycles. The molecule has 33 heavy (non-hydrogen) atoms. The highest BCUT2D eigenvalue weighted by Crippen LogP contribution is 2.23. The molecule has 0 aliphatic carbocycles. The van der Waals surface area contributed by atoms with E-state index >= 15 is 0 Å². The molecule has 0 fully saturated rings. The molecule has 0 radical (unpaired) electrons. The average Bonchev–Trinajstić information content (AvgIpc) is 2.77. The van der Waals surface area contributed by atoms with E-state index in [1.807, 2.05) is 24.3 Å². The van der Waals surface area contributed by atoms with Gasteiger partial charge in [-0.1, -0.05) is 52.8 Å². The van der Waals surface area contributed by atoms with Gasteiger partial charge in [0.2, 0.25) is 0 Å². The minimum Gasteiger partial charge on any atom is -0.493 e. The molecule has 0 aliphatic heterocycles. The number of carbonyl (C=O) groups is 2. The Balaban J connectivity index is 1.62. The molecule has 2 N–H and O–H groups in total. The molecule has 0 bridgehead atoms. The van der Waals surface area contributed by atoms with Gasteiger partial charge in [-0.3, -0.25) is 9.59 Å². The summed E-state index contributed by atoms with van der Waals surface area (Å²) in [6.45, 7) is 11.2. The molecular weight excluding hydrogens is 412 g/mol. The Labute approximate surface area is 196 Å². The molecule has 3 rings (SSSR count). The second-order valence-electron chi connectivity index (χ2n) is 9.55. The molecule has 2 amide bonds. The lowest BCUT2D eigenvalue weighted by Crippen LogP contribution is -2.15. The smallest absolute Gasteiger partial charge is 0.255 e. The van der Waals surface area contributed by atoms with Gasteiger partial charge in [-0.05, 0) is 71.5 Å². The summed E-state index contributed by atoms with van der Waals surface area (Å²) in [6.07, 6.45) is 0. The van der Waals surface area contributed by atoms with Gasteiger partial charge in [0.15, 0.2) is 0 Å². The Kier molecular flexibility index (Phi) is 7.54. The first-order valence-electron chi connectivity index (χ1n) is 11.2. The summed E-state index contributed by atoms with van der Waals surface area (Å²) in [7, 11) is 0. The largest absolute Gasteiger partial charge is 0.493 e. The highest BCUT2D eigenvalue weighted by Gasteiger charge is 2.14. The Bertz CT molecular complexity index is 1100. The third kappa shape index (κ3) is 6.94. The molecule has 5 nitrogen and oxygen atoms in total. The number of ether oxygens (including phenoxy) is 1. The number of carbonyl (C=O) groups excluding carboxylic acids is 2. The van der Waals surface area contributed by atoms with Crippen molar-refractivity contribution < 1.29 is 14.3 Å². The lowest BCUT2D eigenvalue weighted by atomic mass is 9.87. The maximum absolute atomic E-state index is 12.6. The summed E-state index contributed by atoms with van der Waals surface area (Å²) in [6, 6.07) is 21.8. The Morgan fingerprint density at radius 2 is 1.27 bits per heavy atom. The first kappa shape index (κ1) is 24.1. The number of benzene rings is 3. The van der Waals surface area contributed by atoms with Crippen molar-refractivity contribution in [2.75, 3.05) is 17.2 Å². The van der Waals surface area contributed by atoms with Gasteiger partial charge < -0.3 is 15.4 Å². The van der Waals surface area contributed by atoms with Crippen LogP contribution in [-0.2, 0) is 5.41 Å². The zero-order chi connectivity index (χ0) is 24.0. The van der Waals surface area contributed by atoms with Crippen molar-refractivity contribution in [3.05, 3.63) is 89.5 Å². The first-order chi connectivity index (χ1) is 15.6. The van der Waals surface area contributed by atoms with Crippen LogP contribution in [-0.4, -0.2) is 18.4 Å². The van der Waals surface area contributed by atoms with E-state index in [1.165, 1.54) is 5.56 Å². The summed E-state index contributed by atoms with van der Waals surface area (Å²) in [5.74, 6) is 0.742. The van der Waals surface area contributed by atoms with Gasteiger partial charge in [0.25, 0.3) is 11.8 Å². The van der Waals surface area contributed by atoms with Crippen LogP contribution in [0.25, 0.3) is 0 Å². The second kappa shape index (κ2) is 10.3. The maximum atomic E-state index is 12.6. The normalized spacial score (nSPS) is 11.2. The van der Waals surface area contributed by atoms with Crippen molar-refractivity contribution in [2.45, 2.75) is 40.0 Å². The molecule has 5 heteroatoms. The number of anilines is 2. The molecule has 0 aliphatic rings. The standard InChI is InChI=1S/C28H32N2O3/c1-19(2)18-33-25-15-11-21(12-16-25)27(32)30-24-8-6-7-23(17-24)29-26(31)20-9-13-22(14-10-20)28(3,4)5/h6-17,19H,18H2,1-5H3,(H,29,31)(H,30,32).